The second kappa shape index (κ2) is 12.1. The Labute approximate surface area is 185 Å². The summed E-state index contributed by atoms with van der Waals surface area (Å²) < 4.78 is 5.55. The predicted molar refractivity (Wildman–Crippen MR) is 126 cm³/mol. The summed E-state index contributed by atoms with van der Waals surface area (Å²) in [4.78, 5) is 11.2. The Kier molecular flexibility index (Phi) is 9.53. The molecule has 0 aliphatic heterocycles. The molecular weight excluding hydrogens is 368 g/mol. The molecule has 0 aromatic carbocycles. The maximum atomic E-state index is 11.2. The second-order valence-corrected chi connectivity index (χ2v) is 10.7. The highest BCUT2D eigenvalue weighted by Crippen LogP contribution is 2.42. The fourth-order valence-corrected chi connectivity index (χ4v) is 6.35. The first-order chi connectivity index (χ1) is 14.5. The van der Waals surface area contributed by atoms with Crippen molar-refractivity contribution in [2.75, 3.05) is 6.61 Å². The summed E-state index contributed by atoms with van der Waals surface area (Å²) in [6, 6.07) is 0. The van der Waals surface area contributed by atoms with E-state index in [1.54, 1.807) is 0 Å². The smallest absolute Gasteiger partial charge is 0.193 e. The van der Waals surface area contributed by atoms with Gasteiger partial charge in [-0.2, -0.15) is 0 Å². The molecule has 0 radical (unpaired) electrons. The topological polar surface area (TPSA) is 26.3 Å². The fourth-order valence-electron chi connectivity index (χ4n) is 6.35. The van der Waals surface area contributed by atoms with Crippen molar-refractivity contribution in [1.29, 1.82) is 0 Å². The Balaban J connectivity index is 1.30. The van der Waals surface area contributed by atoms with Gasteiger partial charge in [-0.3, -0.25) is 4.79 Å². The van der Waals surface area contributed by atoms with Crippen LogP contribution in [0.15, 0.2) is 24.5 Å². The first-order valence-corrected chi connectivity index (χ1v) is 13.1. The number of rotatable bonds is 9. The number of hydrogen-bond donors (Lipinski definition) is 0. The SMILES string of the molecule is C=C(OCC1CCC(/C=C/C2CCC(C3CCC(CCC)CC3)CC2)CC1)C(C)=O. The van der Waals surface area contributed by atoms with Crippen LogP contribution in [0.25, 0.3) is 0 Å². The summed E-state index contributed by atoms with van der Waals surface area (Å²) in [6.45, 7) is 8.23. The molecule has 3 aliphatic rings. The Morgan fingerprint density at radius 1 is 0.800 bits per heavy atom. The summed E-state index contributed by atoms with van der Waals surface area (Å²) in [5, 5.41) is 0. The zero-order chi connectivity index (χ0) is 21.3. The lowest BCUT2D eigenvalue weighted by molar-refractivity contribution is -0.117. The van der Waals surface area contributed by atoms with Crippen LogP contribution in [0.4, 0.5) is 0 Å². The normalized spacial score (nSPS) is 35.3. The van der Waals surface area contributed by atoms with E-state index in [0.717, 1.165) is 29.6 Å². The average molecular weight is 415 g/mol. The van der Waals surface area contributed by atoms with E-state index in [2.05, 4.69) is 25.7 Å². The van der Waals surface area contributed by atoms with Crippen LogP contribution in [0.2, 0.25) is 0 Å². The molecule has 30 heavy (non-hydrogen) atoms. The highest BCUT2D eigenvalue weighted by molar-refractivity contribution is 5.90. The van der Waals surface area contributed by atoms with E-state index in [0.29, 0.717) is 18.3 Å². The Morgan fingerprint density at radius 3 is 1.77 bits per heavy atom. The third-order valence-corrected chi connectivity index (χ3v) is 8.50. The van der Waals surface area contributed by atoms with Crippen molar-refractivity contribution in [3.05, 3.63) is 24.5 Å². The maximum absolute atomic E-state index is 11.2. The summed E-state index contributed by atoms with van der Waals surface area (Å²) in [5.41, 5.74) is 0. The van der Waals surface area contributed by atoms with Gasteiger partial charge in [0.15, 0.2) is 11.5 Å². The molecule has 0 amide bonds. The first-order valence-electron chi connectivity index (χ1n) is 13.1. The van der Waals surface area contributed by atoms with E-state index >= 15 is 0 Å². The number of carbonyl (C=O) groups excluding carboxylic acids is 1. The van der Waals surface area contributed by atoms with Crippen LogP contribution in [0, 0.1) is 35.5 Å². The summed E-state index contributed by atoms with van der Waals surface area (Å²) in [6.07, 6.45) is 24.8. The third-order valence-electron chi connectivity index (χ3n) is 8.50. The van der Waals surface area contributed by atoms with Gasteiger partial charge in [0.1, 0.15) is 0 Å². The van der Waals surface area contributed by atoms with Gasteiger partial charge in [-0.25, -0.2) is 0 Å². The fraction of sp³-hybridized carbons (Fsp3) is 0.821. The minimum absolute atomic E-state index is 0.0504. The molecule has 0 spiro atoms. The van der Waals surface area contributed by atoms with Crippen molar-refractivity contribution < 1.29 is 9.53 Å². The molecule has 0 saturated heterocycles. The Morgan fingerprint density at radius 2 is 1.27 bits per heavy atom. The van der Waals surface area contributed by atoms with Crippen molar-refractivity contribution in [2.24, 2.45) is 35.5 Å². The Hall–Kier alpha value is -1.05. The van der Waals surface area contributed by atoms with Crippen LogP contribution >= 0.6 is 0 Å². The number of hydrogen-bond acceptors (Lipinski definition) is 2. The molecule has 0 aromatic heterocycles. The number of allylic oxidation sites excluding steroid dienone is 3. The number of Topliss-reactive ketones (excluding diaryl/α,β-unsaturated/α-hetero) is 1. The van der Waals surface area contributed by atoms with Gasteiger partial charge in [0.2, 0.25) is 0 Å². The zero-order valence-corrected chi connectivity index (χ0v) is 19.7. The van der Waals surface area contributed by atoms with E-state index in [4.69, 9.17) is 4.74 Å². The van der Waals surface area contributed by atoms with Crippen LogP contribution < -0.4 is 0 Å². The van der Waals surface area contributed by atoms with Crippen molar-refractivity contribution in [1.82, 2.24) is 0 Å². The highest BCUT2D eigenvalue weighted by Gasteiger charge is 2.30. The molecule has 3 fully saturated rings. The molecule has 2 heteroatoms. The first kappa shape index (κ1) is 23.6. The quantitative estimate of drug-likeness (QED) is 0.218. The molecule has 0 bridgehead atoms. The molecule has 3 aliphatic carbocycles. The van der Waals surface area contributed by atoms with Crippen molar-refractivity contribution in [3.63, 3.8) is 0 Å². The molecule has 0 heterocycles. The largest absolute Gasteiger partial charge is 0.490 e. The van der Waals surface area contributed by atoms with Crippen LogP contribution in [-0.2, 0) is 9.53 Å². The Bertz CT molecular complexity index is 553. The van der Waals surface area contributed by atoms with Crippen LogP contribution in [-0.4, -0.2) is 12.4 Å². The molecule has 170 valence electrons. The van der Waals surface area contributed by atoms with Crippen LogP contribution in [0.3, 0.4) is 0 Å². The molecule has 0 aromatic rings. The van der Waals surface area contributed by atoms with E-state index in [9.17, 15) is 4.79 Å². The minimum Gasteiger partial charge on any atom is -0.490 e. The van der Waals surface area contributed by atoms with E-state index < -0.39 is 0 Å². The summed E-state index contributed by atoms with van der Waals surface area (Å²) >= 11 is 0. The lowest BCUT2D eigenvalue weighted by Gasteiger charge is -2.37. The highest BCUT2D eigenvalue weighted by atomic mass is 16.5. The predicted octanol–water partition coefficient (Wildman–Crippen LogP) is 7.88. The van der Waals surface area contributed by atoms with Crippen LogP contribution in [0.5, 0.6) is 0 Å². The van der Waals surface area contributed by atoms with E-state index in [-0.39, 0.29) is 5.78 Å². The van der Waals surface area contributed by atoms with Gasteiger partial charge in [-0.15, -0.1) is 0 Å². The average Bonchev–Trinajstić information content (AvgIpc) is 2.78. The molecule has 0 N–H and O–H groups in total. The van der Waals surface area contributed by atoms with Crippen molar-refractivity contribution in [2.45, 2.75) is 104 Å². The van der Waals surface area contributed by atoms with Gasteiger partial charge in [0, 0.05) is 6.92 Å². The van der Waals surface area contributed by atoms with Crippen LogP contribution in [0.1, 0.15) is 104 Å². The van der Waals surface area contributed by atoms with Crippen molar-refractivity contribution in [3.8, 4) is 0 Å². The van der Waals surface area contributed by atoms with E-state index in [1.165, 1.54) is 96.8 Å². The maximum Gasteiger partial charge on any atom is 0.193 e. The summed E-state index contributed by atoms with van der Waals surface area (Å²) in [7, 11) is 0. The van der Waals surface area contributed by atoms with Gasteiger partial charge in [0.25, 0.3) is 0 Å². The van der Waals surface area contributed by atoms with Gasteiger partial charge < -0.3 is 4.74 Å². The minimum atomic E-state index is -0.0504. The van der Waals surface area contributed by atoms with Gasteiger partial charge in [-0.05, 0) is 99.7 Å². The van der Waals surface area contributed by atoms with Gasteiger partial charge in [-0.1, -0.05) is 51.3 Å². The monoisotopic (exact) mass is 414 g/mol. The molecule has 0 atom stereocenters. The van der Waals surface area contributed by atoms with Crippen molar-refractivity contribution >= 4 is 5.78 Å². The zero-order valence-electron chi connectivity index (χ0n) is 19.7. The molecule has 3 saturated carbocycles. The molecule has 2 nitrogen and oxygen atoms in total. The molecule has 0 unspecified atom stereocenters. The number of ether oxygens (including phenoxy) is 1. The lowest BCUT2D eigenvalue weighted by atomic mass is 9.68. The molecule has 3 rings (SSSR count). The number of carbonyl (C=O) groups is 1. The standard InChI is InChI=1S/C28H46O2/c1-4-5-23-12-16-27(17-13-23)28-18-14-25(15-19-28)7-6-24-8-10-26(11-9-24)20-30-22(3)21(2)29/h6-7,23-28H,3-5,8-20H2,1-2H3/b7-6+. The van der Waals surface area contributed by atoms with Gasteiger partial charge in [0.05, 0.1) is 6.61 Å². The summed E-state index contributed by atoms with van der Waals surface area (Å²) in [5.74, 6) is 5.55. The van der Waals surface area contributed by atoms with Gasteiger partial charge >= 0.3 is 0 Å². The number of ketones is 1. The van der Waals surface area contributed by atoms with E-state index in [1.807, 2.05) is 0 Å². The third kappa shape index (κ3) is 7.27. The lowest BCUT2D eigenvalue weighted by Crippen LogP contribution is -2.25. The molecular formula is C28H46O2. The second-order valence-electron chi connectivity index (χ2n) is 10.7.